The molecule has 1 radical (unpaired) electrons. The third-order valence-corrected chi connectivity index (χ3v) is 2.70. The van der Waals surface area contributed by atoms with Crippen LogP contribution in [0.2, 0.25) is 0 Å². The van der Waals surface area contributed by atoms with Gasteiger partial charge < -0.3 is 0 Å². The van der Waals surface area contributed by atoms with E-state index in [-0.39, 0.29) is 6.54 Å². The van der Waals surface area contributed by atoms with Crippen LogP contribution in [0.1, 0.15) is 6.92 Å². The number of hydrogen-bond donors (Lipinski definition) is 1. The van der Waals surface area contributed by atoms with Crippen LogP contribution in [0.15, 0.2) is 0 Å². The second kappa shape index (κ2) is 7.63. The fraction of sp³-hybridized carbons (Fsp3) is 1.00. The van der Waals surface area contributed by atoms with Crippen LogP contribution in [0.25, 0.3) is 0 Å². The zero-order chi connectivity index (χ0) is 7.82. The maximum absolute atomic E-state index is 10.6. The molecule has 0 aliphatic carbocycles. The van der Waals surface area contributed by atoms with Gasteiger partial charge in [-0.2, -0.15) is 0 Å². The molecule has 0 unspecified atom stereocenters. The average molecular weight is 226 g/mol. The molecule has 2 N–H and O–H groups in total. The van der Waals surface area contributed by atoms with E-state index in [9.17, 15) is 2.81 Å². The van der Waals surface area contributed by atoms with Crippen molar-refractivity contribution in [1.29, 1.82) is 0 Å². The molecular weight excluding hydrogens is 215 g/mol. The standard InChI is InChI=1S/C2H6N2O.C2H5O.O.Zr/c3-1-2-4-5;1-2-3;;/h3-4H,1-2H2;2H2,1H3;;/q2*-1;;+2. The summed E-state index contributed by atoms with van der Waals surface area (Å²) in [6, 6.07) is 0. The Hall–Kier alpha value is 0.523. The summed E-state index contributed by atoms with van der Waals surface area (Å²) < 4.78 is 19.9. The van der Waals surface area contributed by atoms with Crippen LogP contribution in [0, 0.1) is 0 Å². The molecule has 0 saturated carbocycles. The molecule has 5 nitrogen and oxygen atoms in total. The van der Waals surface area contributed by atoms with Crippen LogP contribution in [0.3, 0.4) is 0 Å². The van der Waals surface area contributed by atoms with Crippen LogP contribution >= 0.6 is 0 Å². The van der Waals surface area contributed by atoms with Crippen molar-refractivity contribution in [3.63, 3.8) is 0 Å². The van der Waals surface area contributed by atoms with Gasteiger partial charge >= 0.3 is 69.0 Å². The van der Waals surface area contributed by atoms with Gasteiger partial charge in [-0.05, 0) is 0 Å². The molecule has 0 bridgehead atoms. The summed E-state index contributed by atoms with van der Waals surface area (Å²) in [5.41, 5.74) is 9.07. The van der Waals surface area contributed by atoms with Crippen molar-refractivity contribution in [2.45, 2.75) is 6.92 Å². The Labute approximate surface area is 69.2 Å². The van der Waals surface area contributed by atoms with Gasteiger partial charge in [-0.1, -0.05) is 0 Å². The van der Waals surface area contributed by atoms with Crippen LogP contribution in [-0.2, 0) is 31.2 Å². The SMILES string of the molecule is CC[O][Zr](=[O])[O]NCC[NH]. The van der Waals surface area contributed by atoms with Crippen LogP contribution < -0.4 is 11.2 Å². The van der Waals surface area contributed by atoms with Gasteiger partial charge in [0, 0.05) is 0 Å². The second-order valence-electron chi connectivity index (χ2n) is 1.43. The zero-order valence-corrected chi connectivity index (χ0v) is 8.30. The molecule has 0 spiro atoms. The summed E-state index contributed by atoms with van der Waals surface area (Å²) in [5.74, 6) is 0. The molecule has 0 atom stereocenters. The summed E-state index contributed by atoms with van der Waals surface area (Å²) in [4.78, 5) is 0. The van der Waals surface area contributed by atoms with E-state index in [1.165, 1.54) is 0 Å². The second-order valence-corrected chi connectivity index (χ2v) is 3.87. The van der Waals surface area contributed by atoms with E-state index in [1.54, 1.807) is 6.92 Å². The molecule has 0 fully saturated rings. The van der Waals surface area contributed by atoms with Crippen LogP contribution in [0.5, 0.6) is 0 Å². The van der Waals surface area contributed by atoms with E-state index in [0.717, 1.165) is 0 Å². The number of hydroxylamine groups is 1. The van der Waals surface area contributed by atoms with E-state index in [0.29, 0.717) is 13.2 Å². The van der Waals surface area contributed by atoms with Crippen molar-refractivity contribution in [2.24, 2.45) is 0 Å². The first kappa shape index (κ1) is 10.5. The van der Waals surface area contributed by atoms with E-state index < -0.39 is 22.6 Å². The Morgan fingerprint density at radius 3 is 2.90 bits per heavy atom. The van der Waals surface area contributed by atoms with Crippen molar-refractivity contribution in [1.82, 2.24) is 11.2 Å². The molecule has 0 aliphatic heterocycles. The molecule has 0 aromatic rings. The first-order valence-corrected chi connectivity index (χ1v) is 6.03. The first-order valence-electron chi connectivity index (χ1n) is 3.02. The summed E-state index contributed by atoms with van der Waals surface area (Å²) in [6.45, 7) is 2.77. The normalized spacial score (nSPS) is 9.80. The molecule has 6 heteroatoms. The summed E-state index contributed by atoms with van der Waals surface area (Å²) in [7, 11) is 0. The van der Waals surface area contributed by atoms with E-state index in [1.807, 2.05) is 0 Å². The third-order valence-electron chi connectivity index (χ3n) is 0.645. The Morgan fingerprint density at radius 2 is 2.40 bits per heavy atom. The number of hydrogen-bond acceptors (Lipinski definition) is 4. The molecule has 59 valence electrons. The molecule has 10 heavy (non-hydrogen) atoms. The van der Waals surface area contributed by atoms with E-state index >= 15 is 0 Å². The van der Waals surface area contributed by atoms with Crippen molar-refractivity contribution in [3.8, 4) is 0 Å². The molecule has 0 aromatic heterocycles. The number of rotatable bonds is 6. The Kier molecular flexibility index (Phi) is 8.03. The van der Waals surface area contributed by atoms with Gasteiger partial charge in [0.05, 0.1) is 0 Å². The summed E-state index contributed by atoms with van der Waals surface area (Å²) >= 11 is -3.18. The fourth-order valence-electron chi connectivity index (χ4n) is 0.308. The van der Waals surface area contributed by atoms with Crippen LogP contribution in [0.4, 0.5) is 0 Å². The van der Waals surface area contributed by atoms with Crippen molar-refractivity contribution in [3.05, 3.63) is 0 Å². The van der Waals surface area contributed by atoms with Gasteiger partial charge in [0.1, 0.15) is 0 Å². The van der Waals surface area contributed by atoms with Crippen molar-refractivity contribution in [2.75, 3.05) is 19.7 Å². The maximum atomic E-state index is 10.6. The molecule has 0 saturated heterocycles. The zero-order valence-electron chi connectivity index (χ0n) is 5.85. The summed E-state index contributed by atoms with van der Waals surface area (Å²) in [6.07, 6.45) is 0. The quantitative estimate of drug-likeness (QED) is 0.495. The minimum atomic E-state index is -3.18. The van der Waals surface area contributed by atoms with Gasteiger partial charge in [-0.15, -0.1) is 0 Å². The van der Waals surface area contributed by atoms with Crippen LogP contribution in [-0.4, -0.2) is 19.7 Å². The Balaban J connectivity index is 3.05. The molecule has 0 rings (SSSR count). The van der Waals surface area contributed by atoms with Crippen molar-refractivity contribution >= 4 is 0 Å². The van der Waals surface area contributed by atoms with E-state index in [4.69, 9.17) is 5.73 Å². The minimum absolute atomic E-state index is 0.211. The monoisotopic (exact) mass is 225 g/mol. The predicted molar refractivity (Wildman–Crippen MR) is 29.4 cm³/mol. The number of nitrogens with one attached hydrogen (secondary N) is 2. The van der Waals surface area contributed by atoms with Gasteiger partial charge in [-0.25, -0.2) is 0 Å². The van der Waals surface area contributed by atoms with Gasteiger partial charge in [0.2, 0.25) is 0 Å². The molecular formula is C4H11N2O3Zr. The van der Waals surface area contributed by atoms with Crippen molar-refractivity contribution < 1.29 is 31.2 Å². The predicted octanol–water partition coefficient (Wildman–Crippen LogP) is -0.379. The van der Waals surface area contributed by atoms with Gasteiger partial charge in [-0.3, -0.25) is 0 Å². The Morgan fingerprint density at radius 1 is 1.70 bits per heavy atom. The first-order chi connectivity index (χ1) is 4.81. The topological polar surface area (TPSA) is 71.4 Å². The van der Waals surface area contributed by atoms with Gasteiger partial charge in [0.15, 0.2) is 0 Å². The van der Waals surface area contributed by atoms with Gasteiger partial charge in [0.25, 0.3) is 0 Å². The summed E-state index contributed by atoms with van der Waals surface area (Å²) in [5, 5.41) is 0. The molecule has 0 aliphatic rings. The molecule has 0 aromatic carbocycles. The molecule has 0 heterocycles. The fourth-order valence-corrected chi connectivity index (χ4v) is 1.57. The average Bonchev–Trinajstić information content (AvgIpc) is 1.89. The van der Waals surface area contributed by atoms with E-state index in [2.05, 4.69) is 11.2 Å². The molecule has 0 amide bonds. The Bertz CT molecular complexity index is 101. The third kappa shape index (κ3) is 6.64.